The van der Waals surface area contributed by atoms with Gasteiger partial charge < -0.3 is 9.47 Å². The second kappa shape index (κ2) is 10.3. The van der Waals surface area contributed by atoms with Crippen LogP contribution in [0.4, 0.5) is 0 Å². The maximum atomic E-state index is 13.1. The maximum absolute atomic E-state index is 13.1. The lowest BCUT2D eigenvalue weighted by Crippen LogP contribution is -2.38. The quantitative estimate of drug-likeness (QED) is 0.472. The van der Waals surface area contributed by atoms with Gasteiger partial charge in [-0.2, -0.15) is 0 Å². The molecule has 0 spiro atoms. The van der Waals surface area contributed by atoms with Crippen LogP contribution in [0.2, 0.25) is 0 Å². The van der Waals surface area contributed by atoms with Crippen molar-refractivity contribution in [2.75, 3.05) is 7.11 Å². The van der Waals surface area contributed by atoms with Gasteiger partial charge in [-0.3, -0.25) is 14.4 Å². The lowest BCUT2D eigenvalue weighted by atomic mass is 9.74. The molecule has 5 nitrogen and oxygen atoms in total. The van der Waals surface area contributed by atoms with E-state index < -0.39 is 11.7 Å². The molecular weight excluding hydrogens is 416 g/mol. The normalized spacial score (nSPS) is 18.1. The molecule has 3 aromatic rings. The number of carbonyl (C=O) groups is 3. The van der Waals surface area contributed by atoms with Crippen LogP contribution < -0.4 is 9.47 Å². The number of rotatable bonds is 8. The molecule has 1 fully saturated rings. The molecule has 33 heavy (non-hydrogen) atoms. The van der Waals surface area contributed by atoms with Crippen LogP contribution in [0.1, 0.15) is 35.4 Å². The van der Waals surface area contributed by atoms with Crippen LogP contribution in [-0.4, -0.2) is 24.5 Å². The number of hydrogen-bond donors (Lipinski definition) is 0. The first-order chi connectivity index (χ1) is 16.1. The van der Waals surface area contributed by atoms with Gasteiger partial charge >= 0.3 is 0 Å². The lowest BCUT2D eigenvalue weighted by molar-refractivity contribution is -0.142. The highest BCUT2D eigenvalue weighted by Gasteiger charge is 2.40. The van der Waals surface area contributed by atoms with Gasteiger partial charge in [-0.1, -0.05) is 72.8 Å². The van der Waals surface area contributed by atoms with E-state index in [1.807, 2.05) is 60.7 Å². The summed E-state index contributed by atoms with van der Waals surface area (Å²) in [6.45, 7) is 0.308. The fraction of sp³-hybridized carbons (Fsp3) is 0.250. The molecule has 0 aliphatic heterocycles. The molecule has 0 bridgehead atoms. The average Bonchev–Trinajstić information content (AvgIpc) is 2.83. The Morgan fingerprint density at radius 2 is 1.48 bits per heavy atom. The summed E-state index contributed by atoms with van der Waals surface area (Å²) in [5, 5.41) is 0. The molecule has 0 aromatic heterocycles. The van der Waals surface area contributed by atoms with Crippen molar-refractivity contribution in [1.82, 2.24) is 0 Å². The van der Waals surface area contributed by atoms with Gasteiger partial charge in [-0.25, -0.2) is 0 Å². The summed E-state index contributed by atoms with van der Waals surface area (Å²) in [7, 11) is 1.54. The predicted octanol–water partition coefficient (Wildman–Crippen LogP) is 4.72. The highest BCUT2D eigenvalue weighted by Crippen LogP contribution is 2.35. The number of hydrogen-bond acceptors (Lipinski definition) is 5. The van der Waals surface area contributed by atoms with Crippen molar-refractivity contribution in [3.05, 3.63) is 95.6 Å². The van der Waals surface area contributed by atoms with E-state index >= 15 is 0 Å². The summed E-state index contributed by atoms with van der Waals surface area (Å²) in [6.07, 6.45) is 0.322. The molecule has 0 heterocycles. The zero-order valence-corrected chi connectivity index (χ0v) is 18.5. The number of ketones is 3. The summed E-state index contributed by atoms with van der Waals surface area (Å²) < 4.78 is 11.5. The standard InChI is InChI=1S/C28H26O5/c1-32-26-14-8-13-21(28(26)33-18-19-9-4-2-5-10-19)15-23(29)27-24(30)16-22(17-25(27)31)20-11-6-3-7-12-20/h2-14,22,27H,15-18H2,1H3. The van der Waals surface area contributed by atoms with Gasteiger partial charge in [0.15, 0.2) is 28.8 Å². The molecule has 168 valence electrons. The molecule has 3 aromatic carbocycles. The first-order valence-corrected chi connectivity index (χ1v) is 11.0. The molecule has 0 amide bonds. The van der Waals surface area contributed by atoms with Crippen molar-refractivity contribution < 1.29 is 23.9 Å². The molecule has 0 unspecified atom stereocenters. The van der Waals surface area contributed by atoms with E-state index in [-0.39, 0.29) is 36.7 Å². The molecule has 4 rings (SSSR count). The molecular formula is C28H26O5. The smallest absolute Gasteiger partial charge is 0.165 e. The minimum atomic E-state index is -1.21. The van der Waals surface area contributed by atoms with Crippen LogP contribution in [0.5, 0.6) is 11.5 Å². The zero-order valence-electron chi connectivity index (χ0n) is 18.5. The number of carbonyl (C=O) groups excluding carboxylic acids is 3. The topological polar surface area (TPSA) is 69.7 Å². The first-order valence-electron chi connectivity index (χ1n) is 11.0. The number of Topliss-reactive ketones (excluding diaryl/α,β-unsaturated/α-hetero) is 3. The highest BCUT2D eigenvalue weighted by atomic mass is 16.5. The van der Waals surface area contributed by atoms with E-state index in [1.54, 1.807) is 18.2 Å². The van der Waals surface area contributed by atoms with E-state index in [0.29, 0.717) is 23.7 Å². The summed E-state index contributed by atoms with van der Waals surface area (Å²) in [5.41, 5.74) is 2.53. The predicted molar refractivity (Wildman–Crippen MR) is 124 cm³/mol. The second-order valence-electron chi connectivity index (χ2n) is 8.25. The van der Waals surface area contributed by atoms with Gasteiger partial charge in [0.2, 0.25) is 0 Å². The number of para-hydroxylation sites is 1. The van der Waals surface area contributed by atoms with Crippen molar-refractivity contribution in [2.24, 2.45) is 5.92 Å². The van der Waals surface area contributed by atoms with E-state index in [2.05, 4.69) is 0 Å². The van der Waals surface area contributed by atoms with E-state index in [4.69, 9.17) is 9.47 Å². The first kappa shape index (κ1) is 22.5. The van der Waals surface area contributed by atoms with Gasteiger partial charge in [-0.15, -0.1) is 0 Å². The van der Waals surface area contributed by atoms with Crippen molar-refractivity contribution in [1.29, 1.82) is 0 Å². The average molecular weight is 443 g/mol. The molecule has 0 N–H and O–H groups in total. The third-order valence-corrected chi connectivity index (χ3v) is 6.00. The van der Waals surface area contributed by atoms with Crippen molar-refractivity contribution in [3.63, 3.8) is 0 Å². The minimum absolute atomic E-state index is 0.0700. The SMILES string of the molecule is COc1cccc(CC(=O)C2C(=O)CC(c3ccccc3)CC2=O)c1OCc1ccccc1. The monoisotopic (exact) mass is 442 g/mol. The van der Waals surface area contributed by atoms with Crippen LogP contribution in [0.15, 0.2) is 78.9 Å². The Morgan fingerprint density at radius 1 is 0.848 bits per heavy atom. The molecule has 0 atom stereocenters. The Kier molecular flexibility index (Phi) is 6.98. The van der Waals surface area contributed by atoms with E-state index in [9.17, 15) is 14.4 Å². The molecule has 0 radical (unpaired) electrons. The van der Waals surface area contributed by atoms with Crippen LogP contribution in [-0.2, 0) is 27.4 Å². The van der Waals surface area contributed by atoms with Crippen LogP contribution in [0, 0.1) is 5.92 Å². The van der Waals surface area contributed by atoms with Gasteiger partial charge in [0.1, 0.15) is 12.5 Å². The van der Waals surface area contributed by atoms with Crippen LogP contribution >= 0.6 is 0 Å². The Balaban J connectivity index is 1.50. The third kappa shape index (κ3) is 5.20. The molecule has 1 aliphatic rings. The Bertz CT molecular complexity index is 1120. The lowest BCUT2D eigenvalue weighted by Gasteiger charge is -2.26. The number of ether oxygens (including phenoxy) is 2. The Hall–Kier alpha value is -3.73. The fourth-order valence-electron chi connectivity index (χ4n) is 4.34. The third-order valence-electron chi connectivity index (χ3n) is 6.00. The molecule has 5 heteroatoms. The molecule has 1 aliphatic carbocycles. The molecule has 0 saturated heterocycles. The van der Waals surface area contributed by atoms with Crippen molar-refractivity contribution in [3.8, 4) is 11.5 Å². The number of benzene rings is 3. The largest absolute Gasteiger partial charge is 0.493 e. The minimum Gasteiger partial charge on any atom is -0.493 e. The second-order valence-corrected chi connectivity index (χ2v) is 8.25. The van der Waals surface area contributed by atoms with Gasteiger partial charge in [0, 0.05) is 24.8 Å². The maximum Gasteiger partial charge on any atom is 0.165 e. The molecule has 1 saturated carbocycles. The summed E-state index contributed by atoms with van der Waals surface area (Å²) >= 11 is 0. The van der Waals surface area contributed by atoms with Crippen LogP contribution in [0.25, 0.3) is 0 Å². The highest BCUT2D eigenvalue weighted by molar-refractivity contribution is 6.21. The Morgan fingerprint density at radius 3 is 2.12 bits per heavy atom. The van der Waals surface area contributed by atoms with E-state index in [0.717, 1.165) is 11.1 Å². The van der Waals surface area contributed by atoms with Crippen LogP contribution in [0.3, 0.4) is 0 Å². The Labute approximate surface area is 193 Å². The van der Waals surface area contributed by atoms with Gasteiger partial charge in [0.05, 0.1) is 7.11 Å². The van der Waals surface area contributed by atoms with E-state index in [1.165, 1.54) is 7.11 Å². The van der Waals surface area contributed by atoms with Crippen molar-refractivity contribution >= 4 is 17.3 Å². The van der Waals surface area contributed by atoms with Gasteiger partial charge in [-0.05, 0) is 23.1 Å². The van der Waals surface area contributed by atoms with Crippen molar-refractivity contribution in [2.45, 2.75) is 31.8 Å². The summed E-state index contributed by atoms with van der Waals surface area (Å²) in [4.78, 5) is 38.8. The summed E-state index contributed by atoms with van der Waals surface area (Å²) in [6, 6.07) is 24.5. The fourth-order valence-corrected chi connectivity index (χ4v) is 4.34. The summed E-state index contributed by atoms with van der Waals surface area (Å²) in [5.74, 6) is -1.43. The van der Waals surface area contributed by atoms with Gasteiger partial charge in [0.25, 0.3) is 0 Å². The zero-order chi connectivity index (χ0) is 23.2. The number of methoxy groups -OCH3 is 1.